The molecule has 0 radical (unpaired) electrons. The molecule has 2 heterocycles. The van der Waals surface area contributed by atoms with Gasteiger partial charge in [-0.25, -0.2) is 0 Å². The predicted octanol–water partition coefficient (Wildman–Crippen LogP) is 2.26. The fourth-order valence-corrected chi connectivity index (χ4v) is 3.21. The lowest BCUT2D eigenvalue weighted by atomic mass is 10.2. The first-order valence-corrected chi connectivity index (χ1v) is 7.70. The minimum atomic E-state index is -0.454. The second-order valence-corrected chi connectivity index (χ2v) is 6.00. The van der Waals surface area contributed by atoms with Gasteiger partial charge in [-0.15, -0.1) is 0 Å². The summed E-state index contributed by atoms with van der Waals surface area (Å²) >= 11 is 0.950. The van der Waals surface area contributed by atoms with E-state index in [2.05, 4.69) is 5.32 Å². The van der Waals surface area contributed by atoms with Gasteiger partial charge in [0.15, 0.2) is 0 Å². The lowest BCUT2D eigenvalue weighted by Gasteiger charge is -2.25. The second-order valence-electron chi connectivity index (χ2n) is 4.94. The molecule has 0 aromatic carbocycles. The number of nitrogens with one attached hydrogen (secondary N) is 1. The maximum atomic E-state index is 12.4. The molecule has 0 saturated carbocycles. The van der Waals surface area contributed by atoms with Gasteiger partial charge in [-0.3, -0.25) is 14.9 Å². The number of carbonyl (C=O) groups is 1. The van der Waals surface area contributed by atoms with E-state index in [0.29, 0.717) is 24.0 Å². The molecule has 1 aliphatic heterocycles. The van der Waals surface area contributed by atoms with Crippen molar-refractivity contribution in [2.24, 2.45) is 0 Å². The standard InChI is InChI=1S/C13H19N3O3S/c1-2-8-15(9-10-4-3-7-14-10)13(17)11-5-6-12(20-11)16(18)19/h5-6,10,14H,2-4,7-9H2,1H3. The van der Waals surface area contributed by atoms with E-state index in [0.717, 1.165) is 37.1 Å². The third-order valence-electron chi connectivity index (χ3n) is 3.37. The number of thiophene rings is 1. The Morgan fingerprint density at radius 1 is 1.60 bits per heavy atom. The number of hydrogen-bond donors (Lipinski definition) is 1. The van der Waals surface area contributed by atoms with Gasteiger partial charge in [-0.1, -0.05) is 18.3 Å². The van der Waals surface area contributed by atoms with Crippen LogP contribution in [0.3, 0.4) is 0 Å². The minimum absolute atomic E-state index is 0.0174. The van der Waals surface area contributed by atoms with E-state index in [-0.39, 0.29) is 10.9 Å². The van der Waals surface area contributed by atoms with Crippen molar-refractivity contribution in [3.8, 4) is 0 Å². The van der Waals surface area contributed by atoms with Crippen molar-refractivity contribution in [3.05, 3.63) is 27.1 Å². The fraction of sp³-hybridized carbons (Fsp3) is 0.615. The summed E-state index contributed by atoms with van der Waals surface area (Å²) in [5, 5.41) is 14.1. The summed E-state index contributed by atoms with van der Waals surface area (Å²) in [5.41, 5.74) is 0. The zero-order chi connectivity index (χ0) is 14.5. The molecule has 0 spiro atoms. The maximum Gasteiger partial charge on any atom is 0.324 e. The van der Waals surface area contributed by atoms with Crippen LogP contribution in [0.4, 0.5) is 5.00 Å². The smallest absolute Gasteiger partial charge is 0.324 e. The summed E-state index contributed by atoms with van der Waals surface area (Å²) in [6.07, 6.45) is 3.10. The molecule has 6 nitrogen and oxygen atoms in total. The molecule has 0 aliphatic carbocycles. The predicted molar refractivity (Wildman–Crippen MR) is 78.2 cm³/mol. The van der Waals surface area contributed by atoms with Gasteiger partial charge in [-0.05, 0) is 31.9 Å². The van der Waals surface area contributed by atoms with Crippen LogP contribution in [0, 0.1) is 10.1 Å². The third kappa shape index (κ3) is 3.55. The number of carbonyl (C=O) groups excluding carboxylic acids is 1. The quantitative estimate of drug-likeness (QED) is 0.645. The third-order valence-corrected chi connectivity index (χ3v) is 4.39. The summed E-state index contributed by atoms with van der Waals surface area (Å²) in [6.45, 7) is 4.39. The zero-order valence-corrected chi connectivity index (χ0v) is 12.3. The average molecular weight is 297 g/mol. The van der Waals surface area contributed by atoms with Gasteiger partial charge >= 0.3 is 5.00 Å². The Bertz CT molecular complexity index is 483. The van der Waals surface area contributed by atoms with Gasteiger partial charge in [-0.2, -0.15) is 0 Å². The molecule has 1 aliphatic rings. The summed E-state index contributed by atoms with van der Waals surface area (Å²) in [5.74, 6) is -0.0985. The minimum Gasteiger partial charge on any atom is -0.336 e. The lowest BCUT2D eigenvalue weighted by Crippen LogP contribution is -2.41. The fourth-order valence-electron chi connectivity index (χ4n) is 2.42. The van der Waals surface area contributed by atoms with E-state index >= 15 is 0 Å². The van der Waals surface area contributed by atoms with Crippen molar-refractivity contribution in [3.63, 3.8) is 0 Å². The summed E-state index contributed by atoms with van der Waals surface area (Å²) in [6, 6.07) is 3.30. The van der Waals surface area contributed by atoms with Crippen LogP contribution >= 0.6 is 11.3 Å². The number of nitrogens with zero attached hydrogens (tertiary/aromatic N) is 2. The van der Waals surface area contributed by atoms with Crippen molar-refractivity contribution in [1.29, 1.82) is 0 Å². The van der Waals surface area contributed by atoms with Crippen LogP contribution in [0.1, 0.15) is 35.9 Å². The number of amides is 1. The highest BCUT2D eigenvalue weighted by Crippen LogP contribution is 2.25. The Kier molecular flexibility index (Phi) is 5.08. The van der Waals surface area contributed by atoms with Crippen LogP contribution in [-0.4, -0.2) is 41.4 Å². The second kappa shape index (κ2) is 6.81. The van der Waals surface area contributed by atoms with Crippen LogP contribution in [0.5, 0.6) is 0 Å². The molecular weight excluding hydrogens is 278 g/mol. The summed E-state index contributed by atoms with van der Waals surface area (Å²) < 4.78 is 0. The first-order chi connectivity index (χ1) is 9.61. The van der Waals surface area contributed by atoms with Gasteiger partial charge in [0.25, 0.3) is 5.91 Å². The lowest BCUT2D eigenvalue weighted by molar-refractivity contribution is -0.380. The highest BCUT2D eigenvalue weighted by Gasteiger charge is 2.24. The van der Waals surface area contributed by atoms with Crippen molar-refractivity contribution in [2.75, 3.05) is 19.6 Å². The first kappa shape index (κ1) is 14.9. The van der Waals surface area contributed by atoms with Gasteiger partial charge in [0.1, 0.15) is 0 Å². The molecule has 1 unspecified atom stereocenters. The molecule has 1 atom stereocenters. The van der Waals surface area contributed by atoms with Crippen molar-refractivity contribution in [1.82, 2.24) is 10.2 Å². The molecule has 0 bridgehead atoms. The maximum absolute atomic E-state index is 12.4. The molecule has 20 heavy (non-hydrogen) atoms. The van der Waals surface area contributed by atoms with Crippen molar-refractivity contribution >= 4 is 22.2 Å². The Hall–Kier alpha value is -1.47. The molecule has 1 aromatic rings. The van der Waals surface area contributed by atoms with Crippen LogP contribution < -0.4 is 5.32 Å². The molecular formula is C13H19N3O3S. The SMILES string of the molecule is CCCN(CC1CCCN1)C(=O)c1ccc([N+](=O)[O-])s1. The van der Waals surface area contributed by atoms with Gasteiger partial charge in [0.2, 0.25) is 0 Å². The molecule has 1 aromatic heterocycles. The van der Waals surface area contributed by atoms with Crippen molar-refractivity contribution in [2.45, 2.75) is 32.2 Å². The van der Waals surface area contributed by atoms with Crippen molar-refractivity contribution < 1.29 is 9.72 Å². The summed E-state index contributed by atoms with van der Waals surface area (Å²) in [4.78, 5) is 24.9. The Morgan fingerprint density at radius 2 is 2.40 bits per heavy atom. The van der Waals surface area contributed by atoms with Gasteiger partial charge in [0.05, 0.1) is 9.80 Å². The number of nitro groups is 1. The largest absolute Gasteiger partial charge is 0.336 e. The number of hydrogen-bond acceptors (Lipinski definition) is 5. The molecule has 7 heteroatoms. The van der Waals surface area contributed by atoms with E-state index in [1.165, 1.54) is 6.07 Å². The van der Waals surface area contributed by atoms with E-state index in [1.54, 1.807) is 11.0 Å². The Labute approximate surface area is 121 Å². The number of rotatable bonds is 6. The van der Waals surface area contributed by atoms with Crippen LogP contribution in [0.15, 0.2) is 12.1 Å². The van der Waals surface area contributed by atoms with Crippen LogP contribution in [-0.2, 0) is 0 Å². The average Bonchev–Trinajstić information content (AvgIpc) is 3.08. The topological polar surface area (TPSA) is 75.5 Å². The Morgan fingerprint density at radius 3 is 2.95 bits per heavy atom. The van der Waals surface area contributed by atoms with Crippen LogP contribution in [0.2, 0.25) is 0 Å². The normalized spacial score (nSPS) is 18.1. The molecule has 1 amide bonds. The molecule has 1 N–H and O–H groups in total. The van der Waals surface area contributed by atoms with E-state index < -0.39 is 4.92 Å². The molecule has 2 rings (SSSR count). The highest BCUT2D eigenvalue weighted by molar-refractivity contribution is 7.17. The first-order valence-electron chi connectivity index (χ1n) is 6.88. The van der Waals surface area contributed by atoms with E-state index in [9.17, 15) is 14.9 Å². The van der Waals surface area contributed by atoms with Crippen LogP contribution in [0.25, 0.3) is 0 Å². The van der Waals surface area contributed by atoms with Gasteiger partial charge in [0, 0.05) is 25.2 Å². The van der Waals surface area contributed by atoms with E-state index in [4.69, 9.17) is 0 Å². The summed E-state index contributed by atoms with van der Waals surface area (Å²) in [7, 11) is 0. The Balaban J connectivity index is 2.06. The highest BCUT2D eigenvalue weighted by atomic mass is 32.1. The monoisotopic (exact) mass is 297 g/mol. The molecule has 1 saturated heterocycles. The van der Waals surface area contributed by atoms with E-state index in [1.807, 2.05) is 6.92 Å². The van der Waals surface area contributed by atoms with Gasteiger partial charge < -0.3 is 10.2 Å². The molecule has 1 fully saturated rings. The zero-order valence-electron chi connectivity index (χ0n) is 11.5. The molecule has 110 valence electrons.